The molecule has 0 bridgehead atoms. The molecule has 2 aliphatic heterocycles. The van der Waals surface area contributed by atoms with Gasteiger partial charge in [0.05, 0.1) is 0 Å². The molecule has 2 saturated heterocycles. The van der Waals surface area contributed by atoms with Gasteiger partial charge >= 0.3 is 0 Å². The van der Waals surface area contributed by atoms with E-state index in [-0.39, 0.29) is 0 Å². The second kappa shape index (κ2) is 5.44. The zero-order chi connectivity index (χ0) is 16.0. The lowest BCUT2D eigenvalue weighted by molar-refractivity contribution is 0.533. The molecule has 2 aromatic rings. The Kier molecular flexibility index (Phi) is 3.39. The van der Waals surface area contributed by atoms with Gasteiger partial charge in [0, 0.05) is 61.2 Å². The van der Waals surface area contributed by atoms with E-state index in [1.54, 1.807) is 6.33 Å². The second-order valence-corrected chi connectivity index (χ2v) is 6.80. The largest absolute Gasteiger partial charge is 0.356 e. The van der Waals surface area contributed by atoms with Gasteiger partial charge in [-0.3, -0.25) is 0 Å². The van der Waals surface area contributed by atoms with Crippen LogP contribution in [0.4, 0.5) is 11.8 Å². The van der Waals surface area contributed by atoms with Crippen molar-refractivity contribution in [1.82, 2.24) is 19.9 Å². The zero-order valence-corrected chi connectivity index (χ0v) is 13.9. The van der Waals surface area contributed by atoms with Crippen LogP contribution in [0.2, 0.25) is 0 Å². The van der Waals surface area contributed by atoms with Crippen LogP contribution in [-0.2, 0) is 0 Å². The van der Waals surface area contributed by atoms with E-state index in [1.165, 1.54) is 0 Å². The molecule has 2 unspecified atom stereocenters. The molecule has 4 rings (SSSR count). The molecule has 0 spiro atoms. The minimum atomic E-state index is 0.662. The number of nitrogens with zero attached hydrogens (tertiary/aromatic N) is 6. The van der Waals surface area contributed by atoms with Gasteiger partial charge in [0.2, 0.25) is 5.95 Å². The maximum Gasteiger partial charge on any atom is 0.225 e. The summed E-state index contributed by atoms with van der Waals surface area (Å²) >= 11 is 0. The predicted octanol–water partition coefficient (Wildman–Crippen LogP) is 1.76. The fraction of sp³-hybridized carbons (Fsp3) is 0.529. The highest BCUT2D eigenvalue weighted by Crippen LogP contribution is 2.34. The molecule has 6 nitrogen and oxygen atoms in total. The quantitative estimate of drug-likeness (QED) is 0.842. The van der Waals surface area contributed by atoms with Gasteiger partial charge in [0.1, 0.15) is 12.1 Å². The molecule has 2 atom stereocenters. The molecule has 2 fully saturated rings. The number of aryl methyl sites for hydroxylation is 3. The Labute approximate surface area is 136 Å². The van der Waals surface area contributed by atoms with Crippen molar-refractivity contribution in [2.75, 3.05) is 36.0 Å². The van der Waals surface area contributed by atoms with Crippen LogP contribution in [0.25, 0.3) is 0 Å². The van der Waals surface area contributed by atoms with Gasteiger partial charge in [0.15, 0.2) is 0 Å². The third-order valence-electron chi connectivity index (χ3n) is 4.85. The summed E-state index contributed by atoms with van der Waals surface area (Å²) < 4.78 is 0. The van der Waals surface area contributed by atoms with Crippen LogP contribution in [0.3, 0.4) is 0 Å². The fourth-order valence-electron chi connectivity index (χ4n) is 3.81. The smallest absolute Gasteiger partial charge is 0.225 e. The zero-order valence-electron chi connectivity index (χ0n) is 13.9. The molecule has 120 valence electrons. The Bertz CT molecular complexity index is 697. The third kappa shape index (κ3) is 2.73. The van der Waals surface area contributed by atoms with Crippen molar-refractivity contribution in [2.24, 2.45) is 11.8 Å². The van der Waals surface area contributed by atoms with Gasteiger partial charge < -0.3 is 9.80 Å². The maximum absolute atomic E-state index is 4.61. The van der Waals surface area contributed by atoms with E-state index in [0.717, 1.165) is 55.0 Å². The lowest BCUT2D eigenvalue weighted by Crippen LogP contribution is -2.30. The normalized spacial score (nSPS) is 23.4. The molecule has 0 aliphatic carbocycles. The summed E-state index contributed by atoms with van der Waals surface area (Å²) in [5.41, 5.74) is 3.11. The fourth-order valence-corrected chi connectivity index (χ4v) is 3.81. The van der Waals surface area contributed by atoms with Crippen molar-refractivity contribution < 1.29 is 0 Å². The number of hydrogen-bond acceptors (Lipinski definition) is 6. The standard InChI is InChI=1S/C17H22N6/c1-11-5-16(19-10-18-11)22-6-14-8-23(9-15(14)7-22)17-20-12(2)4-13(3)21-17/h4-5,10,14-15H,6-9H2,1-3H3. The van der Waals surface area contributed by atoms with Crippen LogP contribution in [0.15, 0.2) is 18.5 Å². The third-order valence-corrected chi connectivity index (χ3v) is 4.85. The summed E-state index contributed by atoms with van der Waals surface area (Å²) in [6.07, 6.45) is 1.66. The minimum absolute atomic E-state index is 0.662. The van der Waals surface area contributed by atoms with Crippen molar-refractivity contribution >= 4 is 11.8 Å². The number of fused-ring (bicyclic) bond motifs is 1. The Morgan fingerprint density at radius 2 is 1.39 bits per heavy atom. The molecule has 4 heterocycles. The van der Waals surface area contributed by atoms with E-state index >= 15 is 0 Å². The summed E-state index contributed by atoms with van der Waals surface area (Å²) in [6, 6.07) is 4.10. The lowest BCUT2D eigenvalue weighted by Gasteiger charge is -2.22. The second-order valence-electron chi connectivity index (χ2n) is 6.80. The molecule has 0 radical (unpaired) electrons. The molecular weight excluding hydrogens is 288 g/mol. The van der Waals surface area contributed by atoms with Crippen molar-refractivity contribution in [1.29, 1.82) is 0 Å². The van der Waals surface area contributed by atoms with E-state index in [9.17, 15) is 0 Å². The molecule has 0 amide bonds. The molecule has 0 N–H and O–H groups in total. The van der Waals surface area contributed by atoms with Crippen molar-refractivity contribution in [3.05, 3.63) is 35.5 Å². The van der Waals surface area contributed by atoms with E-state index < -0.39 is 0 Å². The number of hydrogen-bond donors (Lipinski definition) is 0. The summed E-state index contributed by atoms with van der Waals surface area (Å²) in [4.78, 5) is 22.6. The van der Waals surface area contributed by atoms with Crippen LogP contribution >= 0.6 is 0 Å². The van der Waals surface area contributed by atoms with E-state index in [4.69, 9.17) is 0 Å². The lowest BCUT2D eigenvalue weighted by atomic mass is 10.0. The SMILES string of the molecule is Cc1cc(N2CC3CN(c4nc(C)cc(C)n4)CC3C2)ncn1. The van der Waals surface area contributed by atoms with Crippen LogP contribution in [-0.4, -0.2) is 46.1 Å². The summed E-state index contributed by atoms with van der Waals surface area (Å²) in [6.45, 7) is 10.3. The highest BCUT2D eigenvalue weighted by Gasteiger charge is 2.41. The van der Waals surface area contributed by atoms with Crippen molar-refractivity contribution in [3.8, 4) is 0 Å². The molecule has 0 saturated carbocycles. The first-order valence-electron chi connectivity index (χ1n) is 8.19. The molecular formula is C17H22N6. The van der Waals surface area contributed by atoms with Gasteiger partial charge in [-0.1, -0.05) is 0 Å². The highest BCUT2D eigenvalue weighted by atomic mass is 15.3. The van der Waals surface area contributed by atoms with Gasteiger partial charge in [-0.05, 0) is 26.8 Å². The summed E-state index contributed by atoms with van der Waals surface area (Å²) in [7, 11) is 0. The van der Waals surface area contributed by atoms with Gasteiger partial charge in [-0.25, -0.2) is 19.9 Å². The predicted molar refractivity (Wildman–Crippen MR) is 89.7 cm³/mol. The Morgan fingerprint density at radius 1 is 0.783 bits per heavy atom. The van der Waals surface area contributed by atoms with Crippen LogP contribution in [0.5, 0.6) is 0 Å². The first-order valence-corrected chi connectivity index (χ1v) is 8.19. The Balaban J connectivity index is 1.47. The molecule has 2 aliphatic rings. The minimum Gasteiger partial charge on any atom is -0.356 e. The molecule has 0 aromatic carbocycles. The van der Waals surface area contributed by atoms with Crippen LogP contribution in [0.1, 0.15) is 17.1 Å². The molecule has 23 heavy (non-hydrogen) atoms. The van der Waals surface area contributed by atoms with Crippen LogP contribution in [0, 0.1) is 32.6 Å². The Morgan fingerprint density at radius 3 is 2.00 bits per heavy atom. The monoisotopic (exact) mass is 310 g/mol. The number of anilines is 2. The van der Waals surface area contributed by atoms with Crippen LogP contribution < -0.4 is 9.80 Å². The topological polar surface area (TPSA) is 58.0 Å². The van der Waals surface area contributed by atoms with Crippen molar-refractivity contribution in [2.45, 2.75) is 20.8 Å². The maximum atomic E-state index is 4.61. The average molecular weight is 310 g/mol. The van der Waals surface area contributed by atoms with Gasteiger partial charge in [-0.2, -0.15) is 0 Å². The Hall–Kier alpha value is -2.24. The molecule has 2 aromatic heterocycles. The number of aromatic nitrogens is 4. The number of rotatable bonds is 2. The van der Waals surface area contributed by atoms with E-state index in [1.807, 2.05) is 26.8 Å². The van der Waals surface area contributed by atoms with Gasteiger partial charge in [-0.15, -0.1) is 0 Å². The van der Waals surface area contributed by atoms with E-state index in [2.05, 4.69) is 35.8 Å². The first kappa shape index (κ1) is 14.4. The summed E-state index contributed by atoms with van der Waals surface area (Å²) in [5.74, 6) is 3.27. The van der Waals surface area contributed by atoms with Gasteiger partial charge in [0.25, 0.3) is 0 Å². The van der Waals surface area contributed by atoms with Crippen molar-refractivity contribution in [3.63, 3.8) is 0 Å². The highest BCUT2D eigenvalue weighted by molar-refractivity contribution is 5.43. The average Bonchev–Trinajstić information content (AvgIpc) is 3.04. The molecule has 6 heteroatoms. The van der Waals surface area contributed by atoms with E-state index in [0.29, 0.717) is 11.8 Å². The summed E-state index contributed by atoms with van der Waals surface area (Å²) in [5, 5.41) is 0. The first-order chi connectivity index (χ1) is 11.1.